The van der Waals surface area contributed by atoms with Crippen LogP contribution >= 0.6 is 31.9 Å². The van der Waals surface area contributed by atoms with E-state index in [0.717, 1.165) is 8.63 Å². The summed E-state index contributed by atoms with van der Waals surface area (Å²) in [5.74, 6) is 15.4. The van der Waals surface area contributed by atoms with Crippen LogP contribution in [0.4, 0.5) is 0 Å². The first-order valence-electron chi connectivity index (χ1n) is 16.0. The van der Waals surface area contributed by atoms with Crippen LogP contribution in [0, 0.1) is 23.7 Å². The second-order valence-electron chi connectivity index (χ2n) is 22.9. The zero-order valence-electron chi connectivity index (χ0n) is 21.5. The van der Waals surface area contributed by atoms with E-state index in [1.807, 2.05) is 0 Å². The molecule has 20 saturated heterocycles. The Hall–Kier alpha value is -0.441. The molecule has 0 aliphatic carbocycles. The summed E-state index contributed by atoms with van der Waals surface area (Å²) >= 11 is 7.05. The average Bonchev–Trinajstić information content (AvgIpc) is 3.85. The summed E-state index contributed by atoms with van der Waals surface area (Å²) in [6.07, 6.45) is 0. The van der Waals surface area contributed by atoms with Crippen molar-refractivity contribution < 1.29 is 13.0 Å². The van der Waals surface area contributed by atoms with Crippen molar-refractivity contribution in [2.75, 3.05) is 0 Å². The summed E-state index contributed by atoms with van der Waals surface area (Å²) < 4.78 is 3.88. The second kappa shape index (κ2) is 1.69. The molecular formula is C36H26Br2Fe2. The van der Waals surface area contributed by atoms with E-state index in [9.17, 15) is 0 Å². The fourth-order valence-electron chi connectivity index (χ4n) is 34.4. The molecule has 40 heavy (non-hydrogen) atoms. The molecule has 0 amide bonds. The molecule has 20 aliphatic heterocycles. The molecule has 0 nitrogen and oxygen atoms in total. The van der Waals surface area contributed by atoms with Gasteiger partial charge in [0.2, 0.25) is 0 Å². The van der Waals surface area contributed by atoms with Crippen molar-refractivity contribution in [1.82, 2.24) is 0 Å². The number of rotatable bonds is 0. The molecule has 8 unspecified atom stereocenters. The molecule has 2 aromatic rings. The van der Waals surface area contributed by atoms with Crippen LogP contribution in [0.3, 0.4) is 0 Å². The number of hydrogen-bond donors (Lipinski definition) is 0. The molecule has 2 spiro atoms. The van der Waals surface area contributed by atoms with Gasteiger partial charge >= 0.3 is 232 Å². The normalized spacial score (nSPS) is 102. The van der Waals surface area contributed by atoms with Crippen molar-refractivity contribution in [2.45, 2.75) is 95.3 Å². The monoisotopic (exact) mass is 728 g/mol. The Bertz CT molecular complexity index is 2620. The van der Waals surface area contributed by atoms with Crippen LogP contribution in [0.2, 0.25) is 95.3 Å². The molecule has 22 rings (SSSR count). The maximum atomic E-state index is 4.04. The van der Waals surface area contributed by atoms with Crippen molar-refractivity contribution in [2.24, 2.45) is 0 Å². The van der Waals surface area contributed by atoms with Gasteiger partial charge in [0, 0.05) is 0 Å². The fourth-order valence-corrected chi connectivity index (χ4v) is 181. The first-order chi connectivity index (χ1) is 19.0. The van der Waals surface area contributed by atoms with Crippen LogP contribution in [0.25, 0.3) is 0 Å². The topological polar surface area (TPSA) is 0 Å². The van der Waals surface area contributed by atoms with E-state index in [2.05, 4.69) is 104 Å². The van der Waals surface area contributed by atoms with Gasteiger partial charge in [0.05, 0.1) is 0 Å². The fraction of sp³-hybridized carbons (Fsp3) is 0.556. The van der Waals surface area contributed by atoms with E-state index in [1.54, 1.807) is 0 Å². The van der Waals surface area contributed by atoms with Gasteiger partial charge in [-0.2, -0.15) is 0 Å². The standard InChI is InChI=1S/2C13H8Br.2C5H5.2Fe/c2*14-13-9-7-12(8-10-13)6-5-11-3-1-2-4-11;2*1-2-4-5-3-1;;/h2*1-4,7-10H;2*1-5H;;. The quantitative estimate of drug-likeness (QED) is 0.187. The van der Waals surface area contributed by atoms with E-state index in [1.165, 1.54) is 107 Å². The van der Waals surface area contributed by atoms with Gasteiger partial charge in [-0.1, -0.05) is 0 Å². The minimum atomic E-state index is -2.91. The molecular weight excluding hydrogens is 704 g/mol. The molecule has 2 aromatic carbocycles. The number of halogens is 2. The SMILES string of the molecule is Brc1ccc(C#C[C]23[CH]4[CH]5[CH]6[CH]2[Fe]56432789[CH]3[CH]2[CH]7[CH]8[CH]39)cc1.Brc1ccc(C#C[C]23[CH]4[CH]5[CH]6[CH]2[Fe]56432789[CH]3[CH]2[CH]7[CH]8[CH]39)cc1. The molecule has 20 fully saturated rings. The van der Waals surface area contributed by atoms with Crippen LogP contribution in [-0.2, 0) is 13.0 Å². The molecule has 0 saturated carbocycles. The van der Waals surface area contributed by atoms with E-state index >= 15 is 0 Å². The molecule has 200 valence electrons. The summed E-state index contributed by atoms with van der Waals surface area (Å²) in [4.78, 5) is 24.9. The van der Waals surface area contributed by atoms with Crippen molar-refractivity contribution in [3.05, 3.63) is 68.6 Å². The Balaban J connectivity index is 0.0000000818. The molecule has 0 aromatic heterocycles. The van der Waals surface area contributed by atoms with Crippen LogP contribution < -0.4 is 0 Å². The third-order valence-electron chi connectivity index (χ3n) is 31.8. The van der Waals surface area contributed by atoms with Crippen LogP contribution in [-0.4, -0.2) is 0 Å². The number of benzene rings is 2. The van der Waals surface area contributed by atoms with Gasteiger partial charge in [0.15, 0.2) is 0 Å². The van der Waals surface area contributed by atoms with Gasteiger partial charge in [0.1, 0.15) is 0 Å². The predicted molar refractivity (Wildman–Crippen MR) is 155 cm³/mol. The first kappa shape index (κ1) is 16.6. The van der Waals surface area contributed by atoms with Gasteiger partial charge < -0.3 is 0 Å². The predicted octanol–water partition coefficient (Wildman–Crippen LogP) is 11.1. The summed E-state index contributed by atoms with van der Waals surface area (Å²) in [5.41, 5.74) is 2.51. The van der Waals surface area contributed by atoms with Crippen molar-refractivity contribution in [3.8, 4) is 23.7 Å². The van der Waals surface area contributed by atoms with Crippen molar-refractivity contribution in [3.63, 3.8) is 0 Å². The number of hydrogen-bond acceptors (Lipinski definition) is 0. The summed E-state index contributed by atoms with van der Waals surface area (Å²) in [6, 6.07) is 17.4. The van der Waals surface area contributed by atoms with E-state index < -0.39 is 13.0 Å². The Morgan fingerprint density at radius 1 is 0.425 bits per heavy atom. The summed E-state index contributed by atoms with van der Waals surface area (Å²) in [5, 5.41) is 0. The molecule has 20 aliphatic rings. The molecule has 4 heteroatoms. The zero-order chi connectivity index (χ0) is 24.8. The molecule has 8 atom stereocenters. The third-order valence-corrected chi connectivity index (χ3v) is 117. The average molecular weight is 730 g/mol. The van der Waals surface area contributed by atoms with Gasteiger partial charge in [-0.05, 0) is 0 Å². The van der Waals surface area contributed by atoms with Crippen LogP contribution in [0.5, 0.6) is 0 Å². The molecule has 0 bridgehead atoms. The first-order valence-corrected chi connectivity index (χ1v) is 30.2. The summed E-state index contributed by atoms with van der Waals surface area (Å²) in [7, 11) is 0. The molecule has 20 heterocycles. The Labute approximate surface area is 230 Å². The van der Waals surface area contributed by atoms with E-state index in [0.29, 0.717) is 0 Å². The Kier molecular flexibility index (Phi) is 0.699. The van der Waals surface area contributed by atoms with Gasteiger partial charge in [-0.15, -0.1) is 0 Å². The Morgan fingerprint density at radius 3 is 0.900 bits per heavy atom. The second-order valence-corrected chi connectivity index (χ2v) is 71.8. The maximum absolute atomic E-state index is 4.04. The third kappa shape index (κ3) is 0.240. The van der Waals surface area contributed by atoms with Crippen molar-refractivity contribution >= 4 is 31.9 Å². The summed E-state index contributed by atoms with van der Waals surface area (Å²) in [6.45, 7) is -5.83. The minimum absolute atomic E-state index is 0.770. The van der Waals surface area contributed by atoms with Crippen LogP contribution in [0.15, 0.2) is 57.5 Å². The number of fused-ring (bicyclic) bond motifs is 20. The van der Waals surface area contributed by atoms with E-state index in [4.69, 9.17) is 0 Å². The zero-order valence-corrected chi connectivity index (χ0v) is 26.9. The van der Waals surface area contributed by atoms with E-state index in [-0.39, 0.29) is 0 Å². The van der Waals surface area contributed by atoms with Crippen LogP contribution in [0.1, 0.15) is 11.1 Å². The Morgan fingerprint density at radius 2 is 0.700 bits per heavy atom. The molecule has 0 N–H and O–H groups in total. The molecule has 0 radical (unpaired) electrons. The van der Waals surface area contributed by atoms with Gasteiger partial charge in [0.25, 0.3) is 0 Å². The van der Waals surface area contributed by atoms with Crippen molar-refractivity contribution in [1.29, 1.82) is 0 Å². The van der Waals surface area contributed by atoms with Gasteiger partial charge in [-0.3, -0.25) is 0 Å². The van der Waals surface area contributed by atoms with Gasteiger partial charge in [-0.25, -0.2) is 0 Å².